The first-order valence-corrected chi connectivity index (χ1v) is 11.5. The monoisotopic (exact) mass is 470 g/mol. The van der Waals surface area contributed by atoms with E-state index in [2.05, 4.69) is 15.4 Å². The van der Waals surface area contributed by atoms with Gasteiger partial charge in [-0.3, -0.25) is 14.4 Å². The molecule has 0 aromatic carbocycles. The lowest BCUT2D eigenvalue weighted by Crippen LogP contribution is -2.62. The molecule has 10 nitrogen and oxygen atoms in total. The highest BCUT2D eigenvalue weighted by Gasteiger charge is 2.57. The van der Waals surface area contributed by atoms with E-state index in [1.165, 1.54) is 17.1 Å². The van der Waals surface area contributed by atoms with Gasteiger partial charge in [-0.25, -0.2) is 14.4 Å². The lowest BCUT2D eigenvalue weighted by atomic mass is 9.96. The smallest absolute Gasteiger partial charge is 0.276 e. The Labute approximate surface area is 196 Å². The van der Waals surface area contributed by atoms with E-state index in [9.17, 15) is 18.8 Å². The number of carbonyl (C=O) groups is 3. The predicted molar refractivity (Wildman–Crippen MR) is 120 cm³/mol. The zero-order chi connectivity index (χ0) is 24.0. The molecule has 3 amide bonds. The molecular formula is C23H27FN6O4. The molecule has 5 heterocycles. The fourth-order valence-corrected chi connectivity index (χ4v) is 5.13. The number of anilines is 1. The van der Waals surface area contributed by atoms with Crippen LogP contribution >= 0.6 is 0 Å². The number of hydrogen-bond donors (Lipinski definition) is 1. The second kappa shape index (κ2) is 8.46. The van der Waals surface area contributed by atoms with Crippen LogP contribution in [0.2, 0.25) is 0 Å². The predicted octanol–water partition coefficient (Wildman–Crippen LogP) is 1.46. The molecule has 0 radical (unpaired) electrons. The summed E-state index contributed by atoms with van der Waals surface area (Å²) in [6.07, 6.45) is 3.51. The van der Waals surface area contributed by atoms with Gasteiger partial charge in [-0.2, -0.15) is 5.10 Å². The van der Waals surface area contributed by atoms with Crippen molar-refractivity contribution >= 4 is 29.3 Å². The van der Waals surface area contributed by atoms with Gasteiger partial charge in [-0.1, -0.05) is 6.92 Å². The maximum Gasteiger partial charge on any atom is 0.276 e. The average Bonchev–Trinajstić information content (AvgIpc) is 3.37. The van der Waals surface area contributed by atoms with Crippen molar-refractivity contribution in [3.63, 3.8) is 0 Å². The molecule has 0 aliphatic carbocycles. The van der Waals surface area contributed by atoms with Gasteiger partial charge in [0.15, 0.2) is 0 Å². The topological polar surface area (TPSA) is 107 Å². The Balaban J connectivity index is 1.46. The highest BCUT2D eigenvalue weighted by molar-refractivity contribution is 6.11. The minimum Gasteiger partial charge on any atom is -0.381 e. The number of fused-ring (bicyclic) bond motifs is 1. The van der Waals surface area contributed by atoms with Crippen molar-refractivity contribution in [3.8, 4) is 0 Å². The van der Waals surface area contributed by atoms with Crippen molar-refractivity contribution in [1.82, 2.24) is 19.8 Å². The van der Waals surface area contributed by atoms with E-state index >= 15 is 0 Å². The molecule has 0 bridgehead atoms. The number of nitrogens with one attached hydrogen (secondary N) is 1. The standard InChI is InChI=1S/C23H27FN6O4/c1-3-15-10-23(2)29(13-19(31)26-18-5-4-14(24)11-25-18)20-17(21(32)30(23)27-15)12-28(22(20)33)16-6-8-34-9-7-16/h4-5,11,16H,3,6-10,12-13H2,1-2H3,(H,25,26,31). The maximum atomic E-state index is 13.6. The maximum absolute atomic E-state index is 13.6. The molecule has 1 saturated heterocycles. The zero-order valence-corrected chi connectivity index (χ0v) is 19.2. The van der Waals surface area contributed by atoms with E-state index in [-0.39, 0.29) is 42.5 Å². The number of nitrogens with zero attached hydrogens (tertiary/aromatic N) is 5. The molecule has 0 spiro atoms. The van der Waals surface area contributed by atoms with E-state index < -0.39 is 17.4 Å². The number of amides is 3. The third-order valence-corrected chi connectivity index (χ3v) is 6.95. The van der Waals surface area contributed by atoms with Crippen LogP contribution < -0.4 is 5.32 Å². The van der Waals surface area contributed by atoms with Gasteiger partial charge >= 0.3 is 0 Å². The number of hydrazone groups is 1. The largest absolute Gasteiger partial charge is 0.381 e. The van der Waals surface area contributed by atoms with E-state index in [0.717, 1.165) is 11.9 Å². The van der Waals surface area contributed by atoms with Crippen molar-refractivity contribution in [1.29, 1.82) is 0 Å². The van der Waals surface area contributed by atoms with Crippen LogP contribution in [0.25, 0.3) is 0 Å². The number of hydrogen-bond acceptors (Lipinski definition) is 7. The average molecular weight is 471 g/mol. The fourth-order valence-electron chi connectivity index (χ4n) is 5.13. The molecule has 1 aromatic heterocycles. The Kier molecular flexibility index (Phi) is 5.59. The Morgan fingerprint density at radius 2 is 2.03 bits per heavy atom. The van der Waals surface area contributed by atoms with Crippen LogP contribution in [0, 0.1) is 5.82 Å². The molecular weight excluding hydrogens is 443 g/mol. The van der Waals surface area contributed by atoms with Gasteiger partial charge in [0.1, 0.15) is 23.0 Å². The summed E-state index contributed by atoms with van der Waals surface area (Å²) in [6, 6.07) is 2.56. The van der Waals surface area contributed by atoms with Gasteiger partial charge in [-0.05, 0) is 38.3 Å². The lowest BCUT2D eigenvalue weighted by molar-refractivity contribution is -0.146. The van der Waals surface area contributed by atoms with Gasteiger partial charge in [0.25, 0.3) is 11.8 Å². The number of halogens is 1. The molecule has 5 rings (SSSR count). The normalized spacial score (nSPS) is 25.0. The minimum absolute atomic E-state index is 0.0175. The van der Waals surface area contributed by atoms with Crippen LogP contribution in [0.1, 0.15) is 39.5 Å². The highest BCUT2D eigenvalue weighted by Crippen LogP contribution is 2.43. The number of rotatable bonds is 5. The van der Waals surface area contributed by atoms with E-state index in [4.69, 9.17) is 4.74 Å². The third kappa shape index (κ3) is 3.64. The molecule has 4 aliphatic rings. The Bertz CT molecular complexity index is 1100. The minimum atomic E-state index is -0.976. The summed E-state index contributed by atoms with van der Waals surface area (Å²) in [5.74, 6) is -1.27. The molecule has 1 fully saturated rings. The lowest BCUT2D eigenvalue weighted by Gasteiger charge is -2.47. The van der Waals surface area contributed by atoms with Crippen molar-refractivity contribution in [2.24, 2.45) is 5.10 Å². The second-order valence-corrected chi connectivity index (χ2v) is 9.13. The molecule has 1 aromatic rings. The van der Waals surface area contributed by atoms with Crippen molar-refractivity contribution in [2.45, 2.75) is 51.2 Å². The Morgan fingerprint density at radius 3 is 2.71 bits per heavy atom. The first-order chi connectivity index (χ1) is 16.3. The summed E-state index contributed by atoms with van der Waals surface area (Å²) < 4.78 is 18.6. The molecule has 4 aliphatic heterocycles. The summed E-state index contributed by atoms with van der Waals surface area (Å²) >= 11 is 0. The number of ether oxygens (including phenoxy) is 1. The summed E-state index contributed by atoms with van der Waals surface area (Å²) in [6.45, 7) is 4.93. The first-order valence-electron chi connectivity index (χ1n) is 11.5. The Morgan fingerprint density at radius 1 is 1.26 bits per heavy atom. The van der Waals surface area contributed by atoms with Crippen molar-refractivity contribution in [2.75, 3.05) is 31.6 Å². The third-order valence-electron chi connectivity index (χ3n) is 6.95. The van der Waals surface area contributed by atoms with Crippen molar-refractivity contribution < 1.29 is 23.5 Å². The van der Waals surface area contributed by atoms with Crippen molar-refractivity contribution in [3.05, 3.63) is 35.4 Å². The van der Waals surface area contributed by atoms with E-state index in [1.54, 1.807) is 9.80 Å². The zero-order valence-electron chi connectivity index (χ0n) is 19.2. The fraction of sp³-hybridized carbons (Fsp3) is 0.522. The summed E-state index contributed by atoms with van der Waals surface area (Å²) in [4.78, 5) is 47.4. The molecule has 180 valence electrons. The molecule has 34 heavy (non-hydrogen) atoms. The second-order valence-electron chi connectivity index (χ2n) is 9.13. The van der Waals surface area contributed by atoms with Crippen LogP contribution in [0.15, 0.2) is 34.7 Å². The van der Waals surface area contributed by atoms with Gasteiger partial charge in [0.2, 0.25) is 5.91 Å². The molecule has 1 unspecified atom stereocenters. The summed E-state index contributed by atoms with van der Waals surface area (Å²) in [7, 11) is 0. The van der Waals surface area contributed by atoms with Gasteiger partial charge in [-0.15, -0.1) is 0 Å². The van der Waals surface area contributed by atoms with E-state index in [0.29, 0.717) is 44.5 Å². The molecule has 0 saturated carbocycles. The van der Waals surface area contributed by atoms with Gasteiger partial charge in [0.05, 0.1) is 24.9 Å². The molecule has 1 atom stereocenters. The number of carbonyl (C=O) groups excluding carboxylic acids is 3. The molecule has 11 heteroatoms. The Hall–Kier alpha value is -3.34. The van der Waals surface area contributed by atoms with Gasteiger partial charge < -0.3 is 19.9 Å². The van der Waals surface area contributed by atoms with Crippen LogP contribution in [0.5, 0.6) is 0 Å². The van der Waals surface area contributed by atoms with Crippen LogP contribution in [-0.4, -0.2) is 81.2 Å². The first kappa shape index (κ1) is 22.5. The van der Waals surface area contributed by atoms with Crippen LogP contribution in [0.3, 0.4) is 0 Å². The molecule has 1 N–H and O–H groups in total. The number of aromatic nitrogens is 1. The van der Waals surface area contributed by atoms with Crippen LogP contribution in [-0.2, 0) is 19.1 Å². The summed E-state index contributed by atoms with van der Waals surface area (Å²) in [5.41, 5.74) is 0.486. The van der Waals surface area contributed by atoms with Gasteiger partial charge in [0, 0.05) is 31.4 Å². The van der Waals surface area contributed by atoms with E-state index in [1.807, 2.05) is 13.8 Å². The SMILES string of the molecule is CCC1=NN2C(=O)C3=C(C(=O)N(C4CCOCC4)C3)N(CC(=O)Nc3ccc(F)cn3)C2(C)C1. The van der Waals surface area contributed by atoms with Crippen LogP contribution in [0.4, 0.5) is 10.2 Å². The summed E-state index contributed by atoms with van der Waals surface area (Å²) in [5, 5.41) is 8.63. The number of pyridine rings is 1. The highest BCUT2D eigenvalue weighted by atomic mass is 19.1. The quantitative estimate of drug-likeness (QED) is 0.698.